The summed E-state index contributed by atoms with van der Waals surface area (Å²) in [7, 11) is 0. The van der Waals surface area contributed by atoms with Crippen LogP contribution in [-0.2, 0) is 11.3 Å². The van der Waals surface area contributed by atoms with Crippen molar-refractivity contribution in [3.63, 3.8) is 0 Å². The molecule has 4 atom stereocenters. The van der Waals surface area contributed by atoms with Gasteiger partial charge in [-0.1, -0.05) is 0 Å². The molecular formula is C36H42AsCl2N3O2. The number of piperidine rings is 1. The third-order valence-corrected chi connectivity index (χ3v) is 13.3. The number of hydrogen-bond acceptors (Lipinski definition) is 3. The van der Waals surface area contributed by atoms with Crippen molar-refractivity contribution in [1.82, 2.24) is 14.7 Å². The number of halogens is 2. The van der Waals surface area contributed by atoms with Gasteiger partial charge in [0.25, 0.3) is 0 Å². The number of benzene rings is 3. The number of allylic oxidation sites excluding steroid dienone is 1. The van der Waals surface area contributed by atoms with Gasteiger partial charge in [0.05, 0.1) is 0 Å². The van der Waals surface area contributed by atoms with Crippen LogP contribution >= 0.6 is 23.2 Å². The summed E-state index contributed by atoms with van der Waals surface area (Å²) in [5.74, 6) is 0.719. The van der Waals surface area contributed by atoms with Gasteiger partial charge in [-0.15, -0.1) is 0 Å². The molecule has 0 aromatic heterocycles. The van der Waals surface area contributed by atoms with Gasteiger partial charge in [-0.2, -0.15) is 0 Å². The van der Waals surface area contributed by atoms with E-state index in [1.807, 2.05) is 54.0 Å². The summed E-state index contributed by atoms with van der Waals surface area (Å²) in [6, 6.07) is 21.9. The molecule has 5 nitrogen and oxygen atoms in total. The molecule has 0 saturated carbocycles. The topological polar surface area (TPSA) is 43.9 Å². The molecule has 3 aromatic rings. The molecule has 2 fully saturated rings. The second-order valence-corrected chi connectivity index (χ2v) is 16.2. The van der Waals surface area contributed by atoms with Gasteiger partial charge in [0.15, 0.2) is 0 Å². The number of likely N-dealkylation sites (tertiary alicyclic amines) is 1. The Morgan fingerprint density at radius 3 is 2.39 bits per heavy atom. The van der Waals surface area contributed by atoms with Crippen molar-refractivity contribution in [3.8, 4) is 0 Å². The fourth-order valence-corrected chi connectivity index (χ4v) is 10.2. The second kappa shape index (κ2) is 15.1. The number of carbonyl (C=O) groups is 2. The standard InChI is InChI=1S/C36H42AsCl2N3O2/c1-4-8-29-23-40(22-27-9-6-5-7-10-27)14-13-31(29)37-21-35(43)42-16-15-41(36(44)30-18-25(2)17-26(3)19-30)24-34(42)28-11-12-32(38)33(39)20-28/h4-7,9-12,17-20,29,31,34,37H,1,8,13-16,21-24H2,2-3H3. The average Bonchev–Trinajstić information content (AvgIpc) is 3.01. The van der Waals surface area contributed by atoms with Gasteiger partial charge < -0.3 is 0 Å². The number of nitrogens with zero attached hydrogens (tertiary/aromatic N) is 3. The second-order valence-electron chi connectivity index (χ2n) is 12.2. The van der Waals surface area contributed by atoms with Crippen LogP contribution in [0.25, 0.3) is 0 Å². The Hall–Kier alpha value is -2.56. The molecule has 0 aliphatic carbocycles. The van der Waals surface area contributed by atoms with Crippen LogP contribution in [0.5, 0.6) is 0 Å². The van der Waals surface area contributed by atoms with Gasteiger partial charge in [0, 0.05) is 0 Å². The predicted molar refractivity (Wildman–Crippen MR) is 183 cm³/mol. The van der Waals surface area contributed by atoms with Crippen LogP contribution in [0, 0.1) is 19.8 Å². The summed E-state index contributed by atoms with van der Waals surface area (Å²) >= 11 is 12.2. The maximum absolute atomic E-state index is 13.9. The summed E-state index contributed by atoms with van der Waals surface area (Å²) in [6.07, 6.45) is 4.16. The first-order valence-electron chi connectivity index (χ1n) is 15.4. The molecule has 2 amide bonds. The average molecular weight is 695 g/mol. The van der Waals surface area contributed by atoms with E-state index in [2.05, 4.69) is 47.9 Å². The summed E-state index contributed by atoms with van der Waals surface area (Å²) in [6.45, 7) is 12.6. The molecule has 2 saturated heterocycles. The zero-order valence-electron chi connectivity index (χ0n) is 25.6. The van der Waals surface area contributed by atoms with Crippen molar-refractivity contribution in [2.24, 2.45) is 5.92 Å². The Morgan fingerprint density at radius 1 is 0.932 bits per heavy atom. The summed E-state index contributed by atoms with van der Waals surface area (Å²) in [5, 5.41) is 1.54. The first kappa shape index (κ1) is 32.8. The Labute approximate surface area is 278 Å². The van der Waals surface area contributed by atoms with Crippen molar-refractivity contribution in [2.75, 3.05) is 32.7 Å². The molecule has 8 heteroatoms. The van der Waals surface area contributed by atoms with E-state index in [-0.39, 0.29) is 17.9 Å². The predicted octanol–water partition coefficient (Wildman–Crippen LogP) is 7.38. The van der Waals surface area contributed by atoms with E-state index in [0.717, 1.165) is 49.2 Å². The first-order chi connectivity index (χ1) is 21.2. The van der Waals surface area contributed by atoms with Gasteiger partial charge in [-0.05, 0) is 0 Å². The number of piperazine rings is 1. The van der Waals surface area contributed by atoms with Gasteiger partial charge in [-0.3, -0.25) is 0 Å². The van der Waals surface area contributed by atoms with Crippen LogP contribution in [0.15, 0.2) is 79.4 Å². The van der Waals surface area contributed by atoms with E-state index in [1.54, 1.807) is 6.07 Å². The summed E-state index contributed by atoms with van der Waals surface area (Å²) in [5.41, 5.74) is 5.07. The van der Waals surface area contributed by atoms with Crippen LogP contribution < -0.4 is 0 Å². The van der Waals surface area contributed by atoms with E-state index < -0.39 is 15.8 Å². The maximum atomic E-state index is 13.9. The van der Waals surface area contributed by atoms with Gasteiger partial charge >= 0.3 is 280 Å². The van der Waals surface area contributed by atoms with Crippen molar-refractivity contribution in [3.05, 3.63) is 117 Å². The molecule has 0 spiro atoms. The Morgan fingerprint density at radius 2 is 1.68 bits per heavy atom. The van der Waals surface area contributed by atoms with Crippen LogP contribution in [0.2, 0.25) is 20.0 Å². The zero-order valence-corrected chi connectivity index (χ0v) is 29.3. The molecule has 0 N–H and O–H groups in total. The SMILES string of the molecule is C=CCC1CN(Cc2ccccc2)CCC1[AsH]CC(=O)N1CCN(C(=O)c2cc(C)cc(C)c2)CC1c1ccc(Cl)c(Cl)c1. The van der Waals surface area contributed by atoms with E-state index in [1.165, 1.54) is 5.56 Å². The van der Waals surface area contributed by atoms with E-state index in [0.29, 0.717) is 51.1 Å². The fraction of sp³-hybridized carbons (Fsp3) is 0.389. The van der Waals surface area contributed by atoms with Gasteiger partial charge in [0.2, 0.25) is 0 Å². The molecular weight excluding hydrogens is 652 g/mol. The van der Waals surface area contributed by atoms with Crippen molar-refractivity contribution < 1.29 is 9.59 Å². The molecule has 0 radical (unpaired) electrons. The van der Waals surface area contributed by atoms with Crippen LogP contribution in [0.4, 0.5) is 0 Å². The van der Waals surface area contributed by atoms with Crippen molar-refractivity contribution in [1.29, 1.82) is 0 Å². The summed E-state index contributed by atoms with van der Waals surface area (Å²) < 4.78 is 0.597. The Kier molecular flexibility index (Phi) is 11.3. The minimum atomic E-state index is -0.524. The normalized spacial score (nSPS) is 21.1. The molecule has 232 valence electrons. The Balaban J connectivity index is 1.27. The number of carbonyl (C=O) groups excluding carboxylic acids is 2. The molecule has 0 bridgehead atoms. The van der Waals surface area contributed by atoms with Gasteiger partial charge in [0.1, 0.15) is 0 Å². The third kappa shape index (κ3) is 8.17. The van der Waals surface area contributed by atoms with E-state index in [4.69, 9.17) is 23.2 Å². The zero-order chi connectivity index (χ0) is 31.2. The first-order valence-corrected chi connectivity index (χ1v) is 18.9. The molecule has 2 aliphatic heterocycles. The minimum absolute atomic E-state index is 0.00285. The van der Waals surface area contributed by atoms with Gasteiger partial charge in [-0.25, -0.2) is 0 Å². The quantitative estimate of drug-likeness (QED) is 0.174. The van der Waals surface area contributed by atoms with E-state index >= 15 is 0 Å². The number of aryl methyl sites for hydroxylation is 2. The van der Waals surface area contributed by atoms with Crippen LogP contribution in [0.3, 0.4) is 0 Å². The monoisotopic (exact) mass is 693 g/mol. The molecule has 3 aromatic carbocycles. The molecule has 44 heavy (non-hydrogen) atoms. The fourth-order valence-electron chi connectivity index (χ4n) is 6.69. The molecule has 2 aliphatic rings. The molecule has 5 rings (SSSR count). The molecule has 4 unspecified atom stereocenters. The Bertz CT molecular complexity index is 1460. The number of hydrogen-bond donors (Lipinski definition) is 0. The number of amides is 2. The third-order valence-electron chi connectivity index (χ3n) is 8.84. The van der Waals surface area contributed by atoms with Crippen LogP contribution in [-0.4, -0.2) is 75.0 Å². The van der Waals surface area contributed by atoms with Crippen molar-refractivity contribution in [2.45, 2.75) is 49.2 Å². The van der Waals surface area contributed by atoms with Crippen LogP contribution in [0.1, 0.15) is 51.5 Å². The summed E-state index contributed by atoms with van der Waals surface area (Å²) in [4.78, 5) is 34.0. The molecule has 2 heterocycles. The number of rotatable bonds is 9. The van der Waals surface area contributed by atoms with Crippen molar-refractivity contribution >= 4 is 50.8 Å². The van der Waals surface area contributed by atoms with E-state index in [9.17, 15) is 9.59 Å².